The number of aliphatic carboxylic acids is 1. The fraction of sp³-hybridized carbons (Fsp3) is 0.556. The number of thiazole rings is 1. The maximum absolute atomic E-state index is 10.3. The molecule has 1 aromatic heterocycles. The smallest absolute Gasteiger partial charge is 0.304 e. The summed E-state index contributed by atoms with van der Waals surface area (Å²) in [6.45, 7) is 3.33. The predicted molar refractivity (Wildman–Crippen MR) is 55.4 cm³/mol. The highest BCUT2D eigenvalue weighted by Gasteiger charge is 2.06. The van der Waals surface area contributed by atoms with Gasteiger partial charge in [-0.1, -0.05) is 0 Å². The van der Waals surface area contributed by atoms with Gasteiger partial charge in [-0.05, 0) is 14.0 Å². The van der Waals surface area contributed by atoms with Crippen LogP contribution in [0.15, 0.2) is 5.51 Å². The summed E-state index contributed by atoms with van der Waals surface area (Å²) in [7, 11) is 1.92. The third-order valence-corrected chi connectivity index (χ3v) is 2.89. The first-order chi connectivity index (χ1) is 6.59. The van der Waals surface area contributed by atoms with Crippen LogP contribution in [0.3, 0.4) is 0 Å². The van der Waals surface area contributed by atoms with Gasteiger partial charge >= 0.3 is 5.97 Å². The lowest BCUT2D eigenvalue weighted by Crippen LogP contribution is -2.21. The van der Waals surface area contributed by atoms with E-state index in [1.54, 1.807) is 11.3 Å². The SMILES string of the molecule is Cc1ncsc1CN(C)CCC(=O)O. The van der Waals surface area contributed by atoms with Crippen LogP contribution in [0.5, 0.6) is 0 Å². The van der Waals surface area contributed by atoms with E-state index in [1.165, 1.54) is 4.88 Å². The number of carboxylic acid groups (broad SMARTS) is 1. The highest BCUT2D eigenvalue weighted by atomic mass is 32.1. The Labute approximate surface area is 87.2 Å². The zero-order valence-electron chi connectivity index (χ0n) is 8.36. The van der Waals surface area contributed by atoms with Crippen LogP contribution in [0, 0.1) is 6.92 Å². The van der Waals surface area contributed by atoms with E-state index >= 15 is 0 Å². The number of aryl methyl sites for hydroxylation is 1. The maximum Gasteiger partial charge on any atom is 0.304 e. The molecule has 0 atom stereocenters. The third-order valence-electron chi connectivity index (χ3n) is 1.97. The maximum atomic E-state index is 10.3. The van der Waals surface area contributed by atoms with Crippen molar-refractivity contribution in [2.24, 2.45) is 0 Å². The quantitative estimate of drug-likeness (QED) is 0.804. The fourth-order valence-electron chi connectivity index (χ4n) is 1.09. The van der Waals surface area contributed by atoms with Gasteiger partial charge in [-0.25, -0.2) is 4.98 Å². The molecule has 4 nitrogen and oxygen atoms in total. The van der Waals surface area contributed by atoms with Crippen molar-refractivity contribution in [1.29, 1.82) is 0 Å². The molecular formula is C9H14N2O2S. The minimum atomic E-state index is -0.752. The number of aromatic nitrogens is 1. The van der Waals surface area contributed by atoms with Crippen molar-refractivity contribution in [2.45, 2.75) is 19.9 Å². The molecule has 1 aromatic rings. The van der Waals surface area contributed by atoms with Gasteiger partial charge in [0.2, 0.25) is 0 Å². The first kappa shape index (κ1) is 11.1. The first-order valence-corrected chi connectivity index (χ1v) is 5.27. The van der Waals surface area contributed by atoms with Crippen molar-refractivity contribution in [1.82, 2.24) is 9.88 Å². The van der Waals surface area contributed by atoms with Crippen LogP contribution in [0.25, 0.3) is 0 Å². The lowest BCUT2D eigenvalue weighted by molar-refractivity contribution is -0.137. The van der Waals surface area contributed by atoms with Crippen LogP contribution in [0.1, 0.15) is 17.0 Å². The molecule has 1 N–H and O–H groups in total. The van der Waals surface area contributed by atoms with Crippen LogP contribution in [-0.4, -0.2) is 34.6 Å². The Balaban J connectivity index is 2.37. The van der Waals surface area contributed by atoms with Crippen LogP contribution in [0.4, 0.5) is 0 Å². The molecule has 0 amide bonds. The Kier molecular flexibility index (Phi) is 4.03. The predicted octanol–water partition coefficient (Wildman–Crippen LogP) is 1.36. The van der Waals surface area contributed by atoms with Crippen molar-refractivity contribution >= 4 is 17.3 Å². The van der Waals surface area contributed by atoms with Crippen LogP contribution < -0.4 is 0 Å². The topological polar surface area (TPSA) is 53.4 Å². The molecule has 0 fully saturated rings. The zero-order chi connectivity index (χ0) is 10.6. The second-order valence-corrected chi connectivity index (χ2v) is 4.18. The van der Waals surface area contributed by atoms with E-state index in [2.05, 4.69) is 4.98 Å². The minimum Gasteiger partial charge on any atom is -0.481 e. The van der Waals surface area contributed by atoms with Crippen molar-refractivity contribution in [3.8, 4) is 0 Å². The van der Waals surface area contributed by atoms with E-state index in [4.69, 9.17) is 5.11 Å². The first-order valence-electron chi connectivity index (χ1n) is 4.39. The molecule has 0 aliphatic heterocycles. The standard InChI is InChI=1S/C9H14N2O2S/c1-7-8(14-6-10-7)5-11(2)4-3-9(12)13/h6H,3-5H2,1-2H3,(H,12,13). The molecule has 0 aliphatic carbocycles. The summed E-state index contributed by atoms with van der Waals surface area (Å²) in [6, 6.07) is 0. The van der Waals surface area contributed by atoms with E-state index < -0.39 is 5.97 Å². The monoisotopic (exact) mass is 214 g/mol. The number of nitrogens with zero attached hydrogens (tertiary/aromatic N) is 2. The van der Waals surface area contributed by atoms with Gasteiger partial charge in [0.05, 0.1) is 17.6 Å². The summed E-state index contributed by atoms with van der Waals surface area (Å²) in [4.78, 5) is 17.7. The third kappa shape index (κ3) is 3.43. The Bertz CT molecular complexity index is 312. The van der Waals surface area contributed by atoms with E-state index in [0.29, 0.717) is 6.54 Å². The highest BCUT2D eigenvalue weighted by molar-refractivity contribution is 7.09. The Morgan fingerprint density at radius 1 is 1.71 bits per heavy atom. The normalized spacial score (nSPS) is 10.8. The average molecular weight is 214 g/mol. The Morgan fingerprint density at radius 3 is 2.93 bits per heavy atom. The Hall–Kier alpha value is -0.940. The second-order valence-electron chi connectivity index (χ2n) is 3.24. The van der Waals surface area contributed by atoms with Gasteiger partial charge in [0.1, 0.15) is 0 Å². The van der Waals surface area contributed by atoms with E-state index in [0.717, 1.165) is 12.2 Å². The average Bonchev–Trinajstić information content (AvgIpc) is 2.49. The van der Waals surface area contributed by atoms with Gasteiger partial charge in [0.25, 0.3) is 0 Å². The van der Waals surface area contributed by atoms with Crippen molar-refractivity contribution in [2.75, 3.05) is 13.6 Å². The number of carboxylic acids is 1. The number of rotatable bonds is 5. The van der Waals surface area contributed by atoms with Crippen molar-refractivity contribution < 1.29 is 9.90 Å². The zero-order valence-corrected chi connectivity index (χ0v) is 9.17. The summed E-state index contributed by atoms with van der Waals surface area (Å²) >= 11 is 1.61. The van der Waals surface area contributed by atoms with Crippen LogP contribution in [-0.2, 0) is 11.3 Å². The van der Waals surface area contributed by atoms with E-state index in [1.807, 2.05) is 24.4 Å². The molecule has 0 saturated heterocycles. The van der Waals surface area contributed by atoms with Crippen LogP contribution in [0.2, 0.25) is 0 Å². The number of hydrogen-bond acceptors (Lipinski definition) is 4. The summed E-state index contributed by atoms with van der Waals surface area (Å²) in [5.74, 6) is -0.752. The summed E-state index contributed by atoms with van der Waals surface area (Å²) in [6.07, 6.45) is 0.189. The van der Waals surface area contributed by atoms with Gasteiger partial charge in [-0.2, -0.15) is 0 Å². The van der Waals surface area contributed by atoms with Crippen molar-refractivity contribution in [3.63, 3.8) is 0 Å². The molecule has 0 bridgehead atoms. The molecule has 0 aliphatic rings. The molecule has 0 saturated carbocycles. The van der Waals surface area contributed by atoms with Gasteiger partial charge in [-0.3, -0.25) is 4.79 Å². The molecule has 0 radical (unpaired) electrons. The second kappa shape index (κ2) is 5.07. The molecule has 0 spiro atoms. The highest BCUT2D eigenvalue weighted by Crippen LogP contribution is 2.13. The molecule has 1 heterocycles. The largest absolute Gasteiger partial charge is 0.481 e. The number of hydrogen-bond donors (Lipinski definition) is 1. The van der Waals surface area contributed by atoms with Gasteiger partial charge in [-0.15, -0.1) is 11.3 Å². The fourth-order valence-corrected chi connectivity index (χ4v) is 1.94. The summed E-state index contributed by atoms with van der Waals surface area (Å²) < 4.78 is 0. The molecular weight excluding hydrogens is 200 g/mol. The molecule has 0 aromatic carbocycles. The van der Waals surface area contributed by atoms with Crippen LogP contribution >= 0.6 is 11.3 Å². The molecule has 14 heavy (non-hydrogen) atoms. The minimum absolute atomic E-state index is 0.189. The van der Waals surface area contributed by atoms with E-state index in [9.17, 15) is 4.79 Å². The molecule has 78 valence electrons. The molecule has 5 heteroatoms. The van der Waals surface area contributed by atoms with Gasteiger partial charge < -0.3 is 10.0 Å². The van der Waals surface area contributed by atoms with E-state index in [-0.39, 0.29) is 6.42 Å². The van der Waals surface area contributed by atoms with Crippen molar-refractivity contribution in [3.05, 3.63) is 16.1 Å². The lowest BCUT2D eigenvalue weighted by Gasteiger charge is -2.14. The summed E-state index contributed by atoms with van der Waals surface area (Å²) in [5.41, 5.74) is 2.85. The van der Waals surface area contributed by atoms with Gasteiger partial charge in [0, 0.05) is 18.0 Å². The Morgan fingerprint density at radius 2 is 2.43 bits per heavy atom. The van der Waals surface area contributed by atoms with Gasteiger partial charge in [0.15, 0.2) is 0 Å². The summed E-state index contributed by atoms with van der Waals surface area (Å²) in [5, 5.41) is 8.51. The molecule has 1 rings (SSSR count). The number of carbonyl (C=O) groups is 1. The lowest BCUT2D eigenvalue weighted by atomic mass is 10.3. The molecule has 0 unspecified atom stereocenters.